The molecule has 0 aliphatic heterocycles. The predicted molar refractivity (Wildman–Crippen MR) is 101 cm³/mol. The van der Waals surface area contributed by atoms with E-state index in [1.165, 1.54) is 22.5 Å². The maximum atomic E-state index is 12.1. The Bertz CT molecular complexity index is 1070. The molecule has 6 nitrogen and oxygen atoms in total. The van der Waals surface area contributed by atoms with Crippen LogP contribution in [0.3, 0.4) is 0 Å². The molecule has 1 aliphatic carbocycles. The Labute approximate surface area is 159 Å². The van der Waals surface area contributed by atoms with Gasteiger partial charge in [-0.25, -0.2) is 0 Å². The first-order valence-corrected chi connectivity index (χ1v) is 9.47. The minimum Gasteiger partial charge on any atom is -0.464 e. The quantitative estimate of drug-likeness (QED) is 0.683. The molecule has 0 radical (unpaired) electrons. The lowest BCUT2D eigenvalue weighted by Gasteiger charge is -2.05. The van der Waals surface area contributed by atoms with Gasteiger partial charge in [-0.05, 0) is 54.0 Å². The van der Waals surface area contributed by atoms with Gasteiger partial charge in [-0.3, -0.25) is 9.59 Å². The van der Waals surface area contributed by atoms with Gasteiger partial charge in [-0.1, -0.05) is 0 Å². The van der Waals surface area contributed by atoms with Crippen molar-refractivity contribution < 1.29 is 18.7 Å². The Hall–Kier alpha value is -3.11. The summed E-state index contributed by atoms with van der Waals surface area (Å²) in [5, 5.41) is 14.6. The van der Waals surface area contributed by atoms with Crippen LogP contribution in [0.1, 0.15) is 28.7 Å². The molecule has 0 saturated heterocycles. The number of carbonyl (C=O) groups excluding carboxylic acids is 2. The molecule has 3 aromatic rings. The number of benzene rings is 1. The lowest BCUT2D eigenvalue weighted by molar-refractivity contribution is -0.146. The van der Waals surface area contributed by atoms with E-state index in [0.29, 0.717) is 10.6 Å². The third-order valence-electron chi connectivity index (χ3n) is 4.61. The zero-order valence-corrected chi connectivity index (χ0v) is 15.2. The summed E-state index contributed by atoms with van der Waals surface area (Å²) in [6.45, 7) is -0.396. The molecule has 7 heteroatoms. The molecule has 0 atom stereocenters. The number of ether oxygens (including phenoxy) is 1. The van der Waals surface area contributed by atoms with Crippen molar-refractivity contribution >= 4 is 39.2 Å². The SMILES string of the molecule is N#Cc1ccsc1NC(=O)COC(=O)Cc1coc2cc3c(cc12)CCC3. The van der Waals surface area contributed by atoms with E-state index < -0.39 is 18.5 Å². The van der Waals surface area contributed by atoms with E-state index in [9.17, 15) is 9.59 Å². The minimum atomic E-state index is -0.500. The van der Waals surface area contributed by atoms with Gasteiger partial charge in [0.15, 0.2) is 6.61 Å². The fourth-order valence-electron chi connectivity index (χ4n) is 3.29. The van der Waals surface area contributed by atoms with Crippen LogP contribution in [-0.2, 0) is 33.6 Å². The Kier molecular flexibility index (Phi) is 4.65. The molecular formula is C20H16N2O4S. The Morgan fingerprint density at radius 1 is 1.30 bits per heavy atom. The van der Waals surface area contributed by atoms with Crippen LogP contribution in [0.25, 0.3) is 11.0 Å². The molecule has 136 valence electrons. The van der Waals surface area contributed by atoms with Gasteiger partial charge in [-0.2, -0.15) is 5.26 Å². The molecule has 1 amide bonds. The lowest BCUT2D eigenvalue weighted by Crippen LogP contribution is -2.21. The molecule has 1 aliphatic rings. The topological polar surface area (TPSA) is 92.3 Å². The van der Waals surface area contributed by atoms with E-state index in [4.69, 9.17) is 14.4 Å². The van der Waals surface area contributed by atoms with Crippen molar-refractivity contribution in [3.63, 3.8) is 0 Å². The van der Waals surface area contributed by atoms with Crippen LogP contribution in [-0.4, -0.2) is 18.5 Å². The van der Waals surface area contributed by atoms with Crippen LogP contribution in [0.5, 0.6) is 0 Å². The second-order valence-electron chi connectivity index (χ2n) is 6.39. The van der Waals surface area contributed by atoms with Crippen LogP contribution in [0.2, 0.25) is 0 Å². The average Bonchev–Trinajstić information content (AvgIpc) is 3.38. The second kappa shape index (κ2) is 7.25. The molecule has 2 aromatic heterocycles. The fourth-order valence-corrected chi connectivity index (χ4v) is 4.05. The van der Waals surface area contributed by atoms with E-state index in [1.54, 1.807) is 17.7 Å². The van der Waals surface area contributed by atoms with Crippen molar-refractivity contribution in [3.05, 3.63) is 52.1 Å². The van der Waals surface area contributed by atoms with Crippen molar-refractivity contribution in [1.29, 1.82) is 5.26 Å². The van der Waals surface area contributed by atoms with Gasteiger partial charge in [0, 0.05) is 10.9 Å². The van der Waals surface area contributed by atoms with Gasteiger partial charge in [0.1, 0.15) is 16.7 Å². The largest absolute Gasteiger partial charge is 0.464 e. The molecular weight excluding hydrogens is 364 g/mol. The number of nitrogens with zero attached hydrogens (tertiary/aromatic N) is 1. The number of nitrogens with one attached hydrogen (secondary N) is 1. The number of nitriles is 1. The van der Waals surface area contributed by atoms with Gasteiger partial charge >= 0.3 is 5.97 Å². The highest BCUT2D eigenvalue weighted by Gasteiger charge is 2.18. The highest BCUT2D eigenvalue weighted by Crippen LogP contribution is 2.30. The van der Waals surface area contributed by atoms with Gasteiger partial charge in [0.05, 0.1) is 18.2 Å². The van der Waals surface area contributed by atoms with Crippen molar-refractivity contribution in [2.24, 2.45) is 0 Å². The number of carbonyl (C=O) groups is 2. The number of furan rings is 1. The first-order chi connectivity index (χ1) is 13.1. The summed E-state index contributed by atoms with van der Waals surface area (Å²) in [6.07, 6.45) is 4.88. The summed E-state index contributed by atoms with van der Waals surface area (Å²) < 4.78 is 10.7. The van der Waals surface area contributed by atoms with Crippen LogP contribution in [0.15, 0.2) is 34.3 Å². The second-order valence-corrected chi connectivity index (χ2v) is 7.31. The predicted octanol–water partition coefficient (Wildman–Crippen LogP) is 3.58. The minimum absolute atomic E-state index is 0.0432. The number of aryl methyl sites for hydroxylation is 2. The molecule has 27 heavy (non-hydrogen) atoms. The number of hydrogen-bond donors (Lipinski definition) is 1. The fraction of sp³-hybridized carbons (Fsp3) is 0.250. The van der Waals surface area contributed by atoms with Gasteiger partial charge in [0.25, 0.3) is 5.91 Å². The number of fused-ring (bicyclic) bond motifs is 2. The van der Waals surface area contributed by atoms with Crippen LogP contribution < -0.4 is 5.32 Å². The van der Waals surface area contributed by atoms with Crippen molar-refractivity contribution in [2.75, 3.05) is 11.9 Å². The third kappa shape index (κ3) is 3.57. The Morgan fingerprint density at radius 3 is 2.93 bits per heavy atom. The maximum absolute atomic E-state index is 12.1. The number of hydrogen-bond acceptors (Lipinski definition) is 6. The summed E-state index contributed by atoms with van der Waals surface area (Å²) in [4.78, 5) is 24.0. The van der Waals surface area contributed by atoms with Gasteiger partial charge < -0.3 is 14.5 Å². The molecule has 0 unspecified atom stereocenters. The van der Waals surface area contributed by atoms with Gasteiger partial charge in [-0.15, -0.1) is 11.3 Å². The molecule has 0 spiro atoms. The monoisotopic (exact) mass is 380 g/mol. The maximum Gasteiger partial charge on any atom is 0.310 e. The van der Waals surface area contributed by atoms with Crippen LogP contribution in [0, 0.1) is 11.3 Å². The standard InChI is InChI=1S/C20H16N2O4S/c21-9-14-4-5-27-20(14)22-18(23)11-26-19(24)8-15-10-25-17-7-13-3-1-2-12(13)6-16(15)17/h4-7,10H,1-3,8,11H2,(H,22,23). The zero-order valence-electron chi connectivity index (χ0n) is 14.4. The van der Waals surface area contributed by atoms with E-state index in [2.05, 4.69) is 11.4 Å². The molecule has 1 aromatic carbocycles. The van der Waals surface area contributed by atoms with Crippen molar-refractivity contribution in [1.82, 2.24) is 0 Å². The lowest BCUT2D eigenvalue weighted by atomic mass is 10.0. The highest BCUT2D eigenvalue weighted by atomic mass is 32.1. The van der Waals surface area contributed by atoms with Gasteiger partial charge in [0.2, 0.25) is 0 Å². The number of rotatable bonds is 5. The van der Waals surface area contributed by atoms with Crippen molar-refractivity contribution in [3.8, 4) is 6.07 Å². The van der Waals surface area contributed by atoms with E-state index >= 15 is 0 Å². The molecule has 4 rings (SSSR count). The first-order valence-electron chi connectivity index (χ1n) is 8.59. The molecule has 0 bridgehead atoms. The Morgan fingerprint density at radius 2 is 2.11 bits per heavy atom. The summed E-state index contributed by atoms with van der Waals surface area (Å²) in [5.74, 6) is -0.975. The summed E-state index contributed by atoms with van der Waals surface area (Å²) in [6, 6.07) is 7.75. The van der Waals surface area contributed by atoms with E-state index in [0.717, 1.165) is 35.8 Å². The zero-order chi connectivity index (χ0) is 18.8. The third-order valence-corrected chi connectivity index (χ3v) is 5.44. The highest BCUT2D eigenvalue weighted by molar-refractivity contribution is 7.14. The van der Waals surface area contributed by atoms with E-state index in [1.807, 2.05) is 12.1 Å². The van der Waals surface area contributed by atoms with Crippen LogP contribution in [0.4, 0.5) is 5.00 Å². The summed E-state index contributed by atoms with van der Waals surface area (Å²) >= 11 is 1.24. The molecule has 2 heterocycles. The first kappa shape index (κ1) is 17.3. The number of amides is 1. The molecule has 1 N–H and O–H groups in total. The summed E-state index contributed by atoms with van der Waals surface area (Å²) in [5.41, 5.74) is 4.54. The molecule has 0 fully saturated rings. The number of anilines is 1. The number of esters is 1. The van der Waals surface area contributed by atoms with Crippen LogP contribution >= 0.6 is 11.3 Å². The average molecular weight is 380 g/mol. The normalized spacial score (nSPS) is 12.6. The Balaban J connectivity index is 1.36. The number of thiophene rings is 1. The smallest absolute Gasteiger partial charge is 0.310 e. The van der Waals surface area contributed by atoms with Crippen molar-refractivity contribution in [2.45, 2.75) is 25.7 Å². The summed E-state index contributed by atoms with van der Waals surface area (Å²) in [7, 11) is 0. The van der Waals surface area contributed by atoms with E-state index in [-0.39, 0.29) is 6.42 Å². The molecule has 0 saturated carbocycles.